The largest absolute Gasteiger partial charge is 0.385 e. The number of nitrogens with one attached hydrogen (secondary N) is 1. The molecule has 94 valence electrons. The van der Waals surface area contributed by atoms with Gasteiger partial charge in [0.25, 0.3) is 0 Å². The zero-order valence-corrected chi connectivity index (χ0v) is 9.84. The number of rotatable bonds is 2. The molecule has 17 heavy (non-hydrogen) atoms. The van der Waals surface area contributed by atoms with Crippen molar-refractivity contribution >= 4 is 0 Å². The summed E-state index contributed by atoms with van der Waals surface area (Å²) < 4.78 is 26.5. The molecule has 0 aliphatic carbocycles. The van der Waals surface area contributed by atoms with Crippen molar-refractivity contribution in [3.05, 3.63) is 35.4 Å². The van der Waals surface area contributed by atoms with Crippen molar-refractivity contribution < 1.29 is 13.9 Å². The van der Waals surface area contributed by atoms with E-state index in [2.05, 4.69) is 5.32 Å². The van der Waals surface area contributed by atoms with Crippen LogP contribution in [0.3, 0.4) is 0 Å². The van der Waals surface area contributed by atoms with Gasteiger partial charge in [-0.05, 0) is 32.4 Å². The van der Waals surface area contributed by atoms with Crippen molar-refractivity contribution in [2.75, 3.05) is 13.1 Å². The van der Waals surface area contributed by atoms with Crippen LogP contribution in [0.25, 0.3) is 0 Å². The molecule has 2 rings (SSSR count). The van der Waals surface area contributed by atoms with Gasteiger partial charge in [0.15, 0.2) is 0 Å². The van der Waals surface area contributed by atoms with E-state index in [1.807, 2.05) is 0 Å². The summed E-state index contributed by atoms with van der Waals surface area (Å²) in [7, 11) is 0. The van der Waals surface area contributed by atoms with Gasteiger partial charge in [0.2, 0.25) is 0 Å². The van der Waals surface area contributed by atoms with Crippen LogP contribution in [-0.4, -0.2) is 18.2 Å². The molecular weight excluding hydrogens is 224 g/mol. The van der Waals surface area contributed by atoms with Crippen LogP contribution in [-0.2, 0) is 5.60 Å². The summed E-state index contributed by atoms with van der Waals surface area (Å²) in [5.74, 6) is -1.35. The highest BCUT2D eigenvalue weighted by atomic mass is 19.1. The van der Waals surface area contributed by atoms with Crippen LogP contribution in [0, 0.1) is 17.6 Å². The van der Waals surface area contributed by atoms with Crippen LogP contribution in [0.1, 0.15) is 25.3 Å². The topological polar surface area (TPSA) is 32.3 Å². The van der Waals surface area contributed by atoms with Crippen molar-refractivity contribution in [1.82, 2.24) is 5.32 Å². The fourth-order valence-corrected chi connectivity index (χ4v) is 2.45. The summed E-state index contributed by atoms with van der Waals surface area (Å²) in [6, 6.07) is 3.34. The zero-order valence-electron chi connectivity index (χ0n) is 9.84. The van der Waals surface area contributed by atoms with Gasteiger partial charge in [-0.25, -0.2) is 8.78 Å². The van der Waals surface area contributed by atoms with Crippen LogP contribution >= 0.6 is 0 Å². The quantitative estimate of drug-likeness (QED) is 0.831. The third-order valence-electron chi connectivity index (χ3n) is 3.57. The molecule has 1 saturated heterocycles. The monoisotopic (exact) mass is 241 g/mol. The Labute approximate surface area is 99.7 Å². The molecule has 2 unspecified atom stereocenters. The van der Waals surface area contributed by atoms with E-state index in [0.29, 0.717) is 6.54 Å². The molecule has 4 heteroatoms. The molecule has 0 aromatic heterocycles. The number of hydrogen-bond donors (Lipinski definition) is 2. The fraction of sp³-hybridized carbons (Fsp3) is 0.538. The van der Waals surface area contributed by atoms with Crippen LogP contribution in [0.4, 0.5) is 8.78 Å². The predicted octanol–water partition coefficient (Wildman–Crippen LogP) is 2.17. The molecule has 2 atom stereocenters. The molecule has 2 N–H and O–H groups in total. The summed E-state index contributed by atoms with van der Waals surface area (Å²) in [6.07, 6.45) is 1.81. The van der Waals surface area contributed by atoms with E-state index < -0.39 is 17.2 Å². The Balaban J connectivity index is 2.29. The number of aliphatic hydroxyl groups is 1. The van der Waals surface area contributed by atoms with E-state index in [4.69, 9.17) is 0 Å². The maximum Gasteiger partial charge on any atom is 0.132 e. The molecular formula is C13H17F2NO. The third-order valence-corrected chi connectivity index (χ3v) is 3.57. The Morgan fingerprint density at radius 2 is 2.18 bits per heavy atom. The van der Waals surface area contributed by atoms with Gasteiger partial charge in [0.1, 0.15) is 11.6 Å². The first kappa shape index (κ1) is 12.5. The summed E-state index contributed by atoms with van der Waals surface area (Å²) in [6.45, 7) is 3.18. The maximum absolute atomic E-state index is 13.7. The lowest BCUT2D eigenvalue weighted by Crippen LogP contribution is -2.42. The summed E-state index contributed by atoms with van der Waals surface area (Å²) >= 11 is 0. The fourth-order valence-electron chi connectivity index (χ4n) is 2.45. The Hall–Kier alpha value is -1.00. The van der Waals surface area contributed by atoms with Crippen molar-refractivity contribution in [2.45, 2.75) is 25.4 Å². The van der Waals surface area contributed by atoms with E-state index in [9.17, 15) is 13.9 Å². The lowest BCUT2D eigenvalue weighted by molar-refractivity contribution is -0.0186. The first-order chi connectivity index (χ1) is 8.01. The van der Waals surface area contributed by atoms with Crippen LogP contribution < -0.4 is 5.32 Å². The Kier molecular flexibility index (Phi) is 3.45. The molecule has 0 bridgehead atoms. The molecule has 0 amide bonds. The van der Waals surface area contributed by atoms with Crippen LogP contribution in [0.5, 0.6) is 0 Å². The van der Waals surface area contributed by atoms with Gasteiger partial charge in [0, 0.05) is 24.1 Å². The van der Waals surface area contributed by atoms with Gasteiger partial charge in [-0.2, -0.15) is 0 Å². The Morgan fingerprint density at radius 3 is 2.76 bits per heavy atom. The lowest BCUT2D eigenvalue weighted by Gasteiger charge is -2.36. The molecule has 1 fully saturated rings. The van der Waals surface area contributed by atoms with E-state index in [1.165, 1.54) is 12.1 Å². The molecule has 1 heterocycles. The smallest absolute Gasteiger partial charge is 0.132 e. The molecule has 1 aliphatic heterocycles. The minimum atomic E-state index is -1.26. The summed E-state index contributed by atoms with van der Waals surface area (Å²) in [4.78, 5) is 0. The average Bonchev–Trinajstić information content (AvgIpc) is 2.29. The highest BCUT2D eigenvalue weighted by Crippen LogP contribution is 2.34. The highest BCUT2D eigenvalue weighted by molar-refractivity contribution is 5.25. The third kappa shape index (κ3) is 2.48. The molecule has 2 nitrogen and oxygen atoms in total. The van der Waals surface area contributed by atoms with E-state index >= 15 is 0 Å². The minimum Gasteiger partial charge on any atom is -0.385 e. The summed E-state index contributed by atoms with van der Waals surface area (Å²) in [5, 5.41) is 13.7. The number of hydrogen-bond acceptors (Lipinski definition) is 2. The Morgan fingerprint density at radius 1 is 1.41 bits per heavy atom. The summed E-state index contributed by atoms with van der Waals surface area (Å²) in [5.41, 5.74) is -1.09. The maximum atomic E-state index is 13.7. The van der Waals surface area contributed by atoms with Gasteiger partial charge in [-0.1, -0.05) is 6.07 Å². The van der Waals surface area contributed by atoms with Gasteiger partial charge in [-0.3, -0.25) is 0 Å². The molecule has 0 saturated carbocycles. The van der Waals surface area contributed by atoms with E-state index in [1.54, 1.807) is 6.92 Å². The Bertz CT molecular complexity index is 400. The van der Waals surface area contributed by atoms with Crippen molar-refractivity contribution in [1.29, 1.82) is 0 Å². The van der Waals surface area contributed by atoms with E-state index in [0.717, 1.165) is 25.5 Å². The first-order valence-electron chi connectivity index (χ1n) is 5.90. The van der Waals surface area contributed by atoms with Crippen LogP contribution in [0.15, 0.2) is 18.2 Å². The SMILES string of the molecule is CC(O)(c1ccc(F)cc1F)C1CCCNC1. The normalized spacial score (nSPS) is 24.4. The molecule has 1 aromatic rings. The molecule has 0 radical (unpaired) electrons. The molecule has 0 spiro atoms. The van der Waals surface area contributed by atoms with Crippen molar-refractivity contribution in [3.63, 3.8) is 0 Å². The standard InChI is InChI=1S/C13H17F2NO/c1-13(17,9-3-2-6-16-8-9)11-5-4-10(14)7-12(11)15/h4-5,7,9,16-17H,2-3,6,8H2,1H3. The molecule has 1 aromatic carbocycles. The predicted molar refractivity (Wildman–Crippen MR) is 61.5 cm³/mol. The first-order valence-corrected chi connectivity index (χ1v) is 5.90. The number of halogens is 2. The molecule has 1 aliphatic rings. The zero-order chi connectivity index (χ0) is 12.5. The average molecular weight is 241 g/mol. The van der Waals surface area contributed by atoms with Gasteiger partial charge < -0.3 is 10.4 Å². The number of piperidine rings is 1. The van der Waals surface area contributed by atoms with Gasteiger partial charge in [0.05, 0.1) is 5.60 Å². The van der Waals surface area contributed by atoms with Crippen LogP contribution in [0.2, 0.25) is 0 Å². The van der Waals surface area contributed by atoms with E-state index in [-0.39, 0.29) is 11.5 Å². The highest BCUT2D eigenvalue weighted by Gasteiger charge is 2.36. The van der Waals surface area contributed by atoms with Crippen molar-refractivity contribution in [2.24, 2.45) is 5.92 Å². The lowest BCUT2D eigenvalue weighted by atomic mass is 9.78. The van der Waals surface area contributed by atoms with Crippen molar-refractivity contribution in [3.8, 4) is 0 Å². The second-order valence-corrected chi connectivity index (χ2v) is 4.81. The van der Waals surface area contributed by atoms with Gasteiger partial charge >= 0.3 is 0 Å². The minimum absolute atomic E-state index is 0.0452. The van der Waals surface area contributed by atoms with Gasteiger partial charge in [-0.15, -0.1) is 0 Å². The second kappa shape index (κ2) is 4.70. The number of benzene rings is 1. The second-order valence-electron chi connectivity index (χ2n) is 4.81.